The number of aliphatic imine (C=N–C) groups is 1. The van der Waals surface area contributed by atoms with Gasteiger partial charge in [-0.15, -0.1) is 11.3 Å². The number of esters is 1. The molecule has 0 aliphatic carbocycles. The molecule has 1 fully saturated rings. The quantitative estimate of drug-likeness (QED) is 0.612. The Labute approximate surface area is 155 Å². The fraction of sp³-hybridized carbons (Fsp3) is 0.263. The minimum absolute atomic E-state index is 0.296. The molecule has 26 heavy (non-hydrogen) atoms. The first-order chi connectivity index (χ1) is 12.7. The lowest BCUT2D eigenvalue weighted by molar-refractivity contribution is -0.129. The van der Waals surface area contributed by atoms with Crippen LogP contribution < -0.4 is 9.64 Å². The third-order valence-corrected chi connectivity index (χ3v) is 5.24. The number of methoxy groups -OCH3 is 1. The predicted molar refractivity (Wildman–Crippen MR) is 101 cm³/mol. The van der Waals surface area contributed by atoms with Gasteiger partial charge in [-0.25, -0.2) is 9.79 Å². The number of rotatable bonds is 4. The second kappa shape index (κ2) is 7.31. The summed E-state index contributed by atoms with van der Waals surface area (Å²) in [5.41, 5.74) is 1.01. The molecule has 4 rings (SSSR count). The SMILES string of the molecule is COc1cccc(C2=NC(=Cc3ccc(N4CCOCC4)s3)C(=O)O2)c1. The van der Waals surface area contributed by atoms with Gasteiger partial charge in [0.05, 0.1) is 25.3 Å². The van der Waals surface area contributed by atoms with Gasteiger partial charge in [-0.1, -0.05) is 6.07 Å². The van der Waals surface area contributed by atoms with Crippen LogP contribution in [-0.4, -0.2) is 45.3 Å². The van der Waals surface area contributed by atoms with E-state index in [1.807, 2.05) is 24.3 Å². The number of carbonyl (C=O) groups is 1. The number of hydrogen-bond donors (Lipinski definition) is 0. The monoisotopic (exact) mass is 370 g/mol. The Kier molecular flexibility index (Phi) is 4.73. The molecule has 0 unspecified atom stereocenters. The minimum Gasteiger partial charge on any atom is -0.497 e. The van der Waals surface area contributed by atoms with Crippen molar-refractivity contribution >= 4 is 34.3 Å². The summed E-state index contributed by atoms with van der Waals surface area (Å²) in [6.45, 7) is 3.26. The summed E-state index contributed by atoms with van der Waals surface area (Å²) in [6.07, 6.45) is 1.77. The molecular formula is C19H18N2O4S. The van der Waals surface area contributed by atoms with Crippen molar-refractivity contribution in [2.24, 2.45) is 4.99 Å². The fourth-order valence-electron chi connectivity index (χ4n) is 2.80. The van der Waals surface area contributed by atoms with Crippen molar-refractivity contribution in [1.82, 2.24) is 0 Å². The topological polar surface area (TPSA) is 60.4 Å². The van der Waals surface area contributed by atoms with Crippen molar-refractivity contribution in [1.29, 1.82) is 0 Å². The fourth-order valence-corrected chi connectivity index (χ4v) is 3.79. The van der Waals surface area contributed by atoms with Crippen LogP contribution >= 0.6 is 11.3 Å². The van der Waals surface area contributed by atoms with Crippen molar-refractivity contribution in [2.75, 3.05) is 38.3 Å². The maximum Gasteiger partial charge on any atom is 0.363 e. The van der Waals surface area contributed by atoms with Gasteiger partial charge in [0.1, 0.15) is 5.75 Å². The van der Waals surface area contributed by atoms with Gasteiger partial charge in [-0.3, -0.25) is 0 Å². The van der Waals surface area contributed by atoms with Crippen LogP contribution in [0.5, 0.6) is 5.75 Å². The van der Waals surface area contributed by atoms with E-state index >= 15 is 0 Å². The molecule has 1 aromatic heterocycles. The molecule has 1 aromatic carbocycles. The number of thiophene rings is 1. The summed E-state index contributed by atoms with van der Waals surface area (Å²) in [5.74, 6) is 0.543. The van der Waals surface area contributed by atoms with Crippen LogP contribution in [0.25, 0.3) is 6.08 Å². The molecule has 134 valence electrons. The third kappa shape index (κ3) is 3.49. The number of carbonyl (C=O) groups excluding carboxylic acids is 1. The normalized spacial score (nSPS) is 18.8. The van der Waals surface area contributed by atoms with Crippen LogP contribution in [-0.2, 0) is 14.3 Å². The number of morpholine rings is 1. The van der Waals surface area contributed by atoms with E-state index < -0.39 is 5.97 Å². The van der Waals surface area contributed by atoms with Gasteiger partial charge in [0, 0.05) is 23.5 Å². The molecule has 0 saturated carbocycles. The van der Waals surface area contributed by atoms with Crippen LogP contribution in [0.4, 0.5) is 5.00 Å². The lowest BCUT2D eigenvalue weighted by Crippen LogP contribution is -2.35. The Morgan fingerprint density at radius 1 is 1.23 bits per heavy atom. The maximum atomic E-state index is 12.2. The lowest BCUT2D eigenvalue weighted by atomic mass is 10.2. The van der Waals surface area contributed by atoms with Gasteiger partial charge in [0.2, 0.25) is 5.90 Å². The first-order valence-electron chi connectivity index (χ1n) is 8.32. The summed E-state index contributed by atoms with van der Waals surface area (Å²) in [5, 5.41) is 1.17. The second-order valence-electron chi connectivity index (χ2n) is 5.84. The maximum absolute atomic E-state index is 12.2. The molecule has 2 aliphatic heterocycles. The summed E-state index contributed by atoms with van der Waals surface area (Å²) in [4.78, 5) is 19.8. The number of hydrogen-bond acceptors (Lipinski definition) is 7. The van der Waals surface area contributed by atoms with Crippen LogP contribution in [0.3, 0.4) is 0 Å². The molecule has 3 heterocycles. The third-order valence-electron chi connectivity index (χ3n) is 4.15. The Hall–Kier alpha value is -2.64. The molecular weight excluding hydrogens is 352 g/mol. The number of nitrogens with zero attached hydrogens (tertiary/aromatic N) is 2. The number of anilines is 1. The summed E-state index contributed by atoms with van der Waals surface area (Å²) in [6, 6.07) is 11.3. The number of ether oxygens (including phenoxy) is 3. The van der Waals surface area contributed by atoms with Crippen LogP contribution in [0.2, 0.25) is 0 Å². The molecule has 0 amide bonds. The summed E-state index contributed by atoms with van der Waals surface area (Å²) >= 11 is 1.63. The predicted octanol–water partition coefficient (Wildman–Crippen LogP) is 2.94. The molecule has 2 aromatic rings. The van der Waals surface area contributed by atoms with Gasteiger partial charge >= 0.3 is 5.97 Å². The highest BCUT2D eigenvalue weighted by Crippen LogP contribution is 2.30. The van der Waals surface area contributed by atoms with E-state index in [2.05, 4.69) is 16.0 Å². The lowest BCUT2D eigenvalue weighted by Gasteiger charge is -2.27. The van der Waals surface area contributed by atoms with Gasteiger partial charge in [-0.05, 0) is 36.4 Å². The molecule has 1 saturated heterocycles. The molecule has 0 atom stereocenters. The van der Waals surface area contributed by atoms with Crippen molar-refractivity contribution in [3.8, 4) is 5.75 Å². The van der Waals surface area contributed by atoms with E-state index in [9.17, 15) is 4.79 Å². The average molecular weight is 370 g/mol. The Morgan fingerprint density at radius 3 is 2.88 bits per heavy atom. The summed E-state index contributed by atoms with van der Waals surface area (Å²) < 4.78 is 15.9. The van der Waals surface area contributed by atoms with Crippen LogP contribution in [0, 0.1) is 0 Å². The molecule has 6 nitrogen and oxygen atoms in total. The molecule has 2 aliphatic rings. The second-order valence-corrected chi connectivity index (χ2v) is 6.94. The first-order valence-corrected chi connectivity index (χ1v) is 9.14. The molecule has 0 bridgehead atoms. The smallest absolute Gasteiger partial charge is 0.363 e. The van der Waals surface area contributed by atoms with E-state index in [-0.39, 0.29) is 0 Å². The van der Waals surface area contributed by atoms with Crippen LogP contribution in [0.1, 0.15) is 10.4 Å². The zero-order chi connectivity index (χ0) is 17.9. The van der Waals surface area contributed by atoms with Crippen molar-refractivity contribution in [3.63, 3.8) is 0 Å². The van der Waals surface area contributed by atoms with Crippen LogP contribution in [0.15, 0.2) is 47.1 Å². The minimum atomic E-state index is -0.441. The Balaban J connectivity index is 1.56. The number of benzene rings is 1. The van der Waals surface area contributed by atoms with Gasteiger partial charge in [-0.2, -0.15) is 0 Å². The highest BCUT2D eigenvalue weighted by molar-refractivity contribution is 7.16. The van der Waals surface area contributed by atoms with Gasteiger partial charge in [0.25, 0.3) is 0 Å². The molecule has 0 N–H and O–H groups in total. The largest absolute Gasteiger partial charge is 0.497 e. The summed E-state index contributed by atoms with van der Waals surface area (Å²) in [7, 11) is 1.59. The zero-order valence-electron chi connectivity index (χ0n) is 14.3. The van der Waals surface area contributed by atoms with Crippen molar-refractivity contribution < 1.29 is 19.0 Å². The van der Waals surface area contributed by atoms with E-state index in [1.54, 1.807) is 30.6 Å². The molecule has 0 spiro atoms. The van der Waals surface area contributed by atoms with E-state index in [4.69, 9.17) is 14.2 Å². The standard InChI is InChI=1S/C19H18N2O4S/c1-23-14-4-2-3-13(11-14)18-20-16(19(22)25-18)12-15-5-6-17(26-15)21-7-9-24-10-8-21/h2-6,11-12H,7-10H2,1H3. The number of cyclic esters (lactones) is 1. The average Bonchev–Trinajstić information content (AvgIpc) is 3.30. The molecule has 7 heteroatoms. The Morgan fingerprint density at radius 2 is 2.08 bits per heavy atom. The van der Waals surface area contributed by atoms with Crippen molar-refractivity contribution in [2.45, 2.75) is 0 Å². The van der Waals surface area contributed by atoms with E-state index in [1.165, 1.54) is 5.00 Å². The van der Waals surface area contributed by atoms with E-state index in [0.717, 1.165) is 31.2 Å². The first kappa shape index (κ1) is 16.8. The highest BCUT2D eigenvalue weighted by atomic mass is 32.1. The highest BCUT2D eigenvalue weighted by Gasteiger charge is 2.24. The van der Waals surface area contributed by atoms with E-state index in [0.29, 0.717) is 22.9 Å². The zero-order valence-corrected chi connectivity index (χ0v) is 15.1. The Bertz CT molecular complexity index is 881. The molecule has 0 radical (unpaired) electrons. The van der Waals surface area contributed by atoms with Crippen molar-refractivity contribution in [3.05, 3.63) is 52.5 Å². The van der Waals surface area contributed by atoms with Gasteiger partial charge < -0.3 is 19.1 Å². The van der Waals surface area contributed by atoms with Gasteiger partial charge in [0.15, 0.2) is 5.70 Å².